The highest BCUT2D eigenvalue weighted by atomic mass is 16.5. The van der Waals surface area contributed by atoms with E-state index in [1.165, 1.54) is 0 Å². The van der Waals surface area contributed by atoms with Crippen LogP contribution >= 0.6 is 0 Å². The smallest absolute Gasteiger partial charge is 0.122 e. The summed E-state index contributed by atoms with van der Waals surface area (Å²) in [6.45, 7) is 10.1. The van der Waals surface area contributed by atoms with Crippen molar-refractivity contribution in [2.24, 2.45) is 7.05 Å². The topological polar surface area (TPSA) is 42.3 Å². The highest BCUT2D eigenvalue weighted by molar-refractivity contribution is 4.92. The molecule has 0 bridgehead atoms. The molecule has 1 aromatic rings. The van der Waals surface area contributed by atoms with E-state index in [1.54, 1.807) is 0 Å². The molecule has 5 heteroatoms. The Morgan fingerprint density at radius 3 is 2.72 bits per heavy atom. The number of aryl methyl sites for hydroxylation is 1. The molecule has 102 valence electrons. The van der Waals surface area contributed by atoms with Crippen LogP contribution in [-0.2, 0) is 18.3 Å². The van der Waals surface area contributed by atoms with Gasteiger partial charge in [-0.05, 0) is 13.8 Å². The van der Waals surface area contributed by atoms with E-state index in [0.717, 1.165) is 45.2 Å². The third-order valence-corrected chi connectivity index (χ3v) is 3.63. The average Bonchev–Trinajstić information content (AvgIpc) is 2.76. The molecular weight excluding hydrogens is 228 g/mol. The third kappa shape index (κ3) is 3.31. The highest BCUT2D eigenvalue weighted by Gasteiger charge is 2.27. The monoisotopic (exact) mass is 252 g/mol. The van der Waals surface area contributed by atoms with Gasteiger partial charge in [-0.2, -0.15) is 0 Å². The van der Waals surface area contributed by atoms with Gasteiger partial charge >= 0.3 is 0 Å². The maximum absolute atomic E-state index is 5.40. The van der Waals surface area contributed by atoms with E-state index >= 15 is 0 Å². The molecule has 5 nitrogen and oxygen atoms in total. The predicted molar refractivity (Wildman–Crippen MR) is 71.4 cm³/mol. The lowest BCUT2D eigenvalue weighted by Gasteiger charge is -2.41. The molecule has 0 radical (unpaired) electrons. The van der Waals surface area contributed by atoms with Crippen molar-refractivity contribution in [2.45, 2.75) is 25.9 Å². The normalized spacial score (nSPS) is 18.2. The maximum atomic E-state index is 5.40. The molecule has 1 N–H and O–H groups in total. The van der Waals surface area contributed by atoms with Crippen molar-refractivity contribution in [1.29, 1.82) is 0 Å². The van der Waals surface area contributed by atoms with Crippen molar-refractivity contribution in [3.05, 3.63) is 18.2 Å². The fourth-order valence-corrected chi connectivity index (χ4v) is 2.33. The molecule has 1 aliphatic heterocycles. The van der Waals surface area contributed by atoms with Crippen LogP contribution in [0.1, 0.15) is 19.7 Å². The standard InChI is InChI=1S/C13H24N4O/c1-13(2,17-6-8-18-9-7-17)11-14-10-12-15-4-5-16(12)3/h4-5,14H,6-11H2,1-3H3. The number of nitrogens with one attached hydrogen (secondary N) is 1. The van der Waals surface area contributed by atoms with Crippen LogP contribution in [0.3, 0.4) is 0 Å². The first-order valence-corrected chi connectivity index (χ1v) is 6.59. The lowest BCUT2D eigenvalue weighted by molar-refractivity contribution is -0.00972. The van der Waals surface area contributed by atoms with Gasteiger partial charge in [-0.1, -0.05) is 0 Å². The largest absolute Gasteiger partial charge is 0.379 e. The summed E-state index contributed by atoms with van der Waals surface area (Å²) in [7, 11) is 2.02. The SMILES string of the molecule is Cn1ccnc1CNCC(C)(C)N1CCOCC1. The summed E-state index contributed by atoms with van der Waals surface area (Å²) in [6, 6.07) is 0. The molecule has 0 aromatic carbocycles. The Labute approximate surface area is 109 Å². The zero-order valence-electron chi connectivity index (χ0n) is 11.6. The van der Waals surface area contributed by atoms with Crippen LogP contribution in [0.2, 0.25) is 0 Å². The van der Waals surface area contributed by atoms with E-state index in [1.807, 2.05) is 19.4 Å². The number of aromatic nitrogens is 2. The second-order valence-electron chi connectivity index (χ2n) is 5.47. The van der Waals surface area contributed by atoms with Crippen LogP contribution in [0, 0.1) is 0 Å². The minimum Gasteiger partial charge on any atom is -0.379 e. The third-order valence-electron chi connectivity index (χ3n) is 3.63. The molecule has 1 fully saturated rings. The van der Waals surface area contributed by atoms with Crippen LogP contribution in [-0.4, -0.2) is 52.8 Å². The van der Waals surface area contributed by atoms with Gasteiger partial charge in [0.15, 0.2) is 0 Å². The van der Waals surface area contributed by atoms with Gasteiger partial charge in [0.1, 0.15) is 5.82 Å². The van der Waals surface area contributed by atoms with E-state index in [0.29, 0.717) is 0 Å². The summed E-state index contributed by atoms with van der Waals surface area (Å²) < 4.78 is 7.45. The first-order chi connectivity index (χ1) is 8.59. The lowest BCUT2D eigenvalue weighted by atomic mass is 10.0. The predicted octanol–water partition coefficient (Wildman–Crippen LogP) is 0.621. The minimum absolute atomic E-state index is 0.162. The van der Waals surface area contributed by atoms with Crippen LogP contribution in [0.4, 0.5) is 0 Å². The summed E-state index contributed by atoms with van der Waals surface area (Å²) in [4.78, 5) is 6.80. The second-order valence-corrected chi connectivity index (χ2v) is 5.47. The Morgan fingerprint density at radius 1 is 1.39 bits per heavy atom. The van der Waals surface area contributed by atoms with Crippen LogP contribution in [0.25, 0.3) is 0 Å². The molecule has 0 unspecified atom stereocenters. The van der Waals surface area contributed by atoms with Crippen molar-refractivity contribution >= 4 is 0 Å². The number of nitrogens with zero attached hydrogens (tertiary/aromatic N) is 3. The highest BCUT2D eigenvalue weighted by Crippen LogP contribution is 2.15. The van der Waals surface area contributed by atoms with Crippen LogP contribution < -0.4 is 5.32 Å². The molecule has 0 spiro atoms. The van der Waals surface area contributed by atoms with Gasteiger partial charge in [-0.25, -0.2) is 4.98 Å². The van der Waals surface area contributed by atoms with Gasteiger partial charge in [-0.3, -0.25) is 4.90 Å². The van der Waals surface area contributed by atoms with Crippen LogP contribution in [0.15, 0.2) is 12.4 Å². The summed E-state index contributed by atoms with van der Waals surface area (Å²) >= 11 is 0. The summed E-state index contributed by atoms with van der Waals surface area (Å²) in [5.74, 6) is 1.08. The Morgan fingerprint density at radius 2 is 2.11 bits per heavy atom. The Balaban J connectivity index is 1.79. The Bertz CT molecular complexity index is 369. The molecule has 1 saturated heterocycles. The van der Waals surface area contributed by atoms with Gasteiger partial charge in [0.05, 0.1) is 19.8 Å². The van der Waals surface area contributed by atoms with E-state index in [4.69, 9.17) is 4.74 Å². The van der Waals surface area contributed by atoms with Gasteiger partial charge in [0, 0.05) is 44.6 Å². The summed E-state index contributed by atoms with van der Waals surface area (Å²) in [5.41, 5.74) is 0.162. The molecule has 2 heterocycles. The first kappa shape index (κ1) is 13.5. The fraction of sp³-hybridized carbons (Fsp3) is 0.769. The van der Waals surface area contributed by atoms with Crippen molar-refractivity contribution in [2.75, 3.05) is 32.8 Å². The van der Waals surface area contributed by atoms with Gasteiger partial charge in [-0.15, -0.1) is 0 Å². The fourth-order valence-electron chi connectivity index (χ4n) is 2.33. The first-order valence-electron chi connectivity index (χ1n) is 6.59. The van der Waals surface area contributed by atoms with Crippen molar-refractivity contribution in [3.63, 3.8) is 0 Å². The number of ether oxygens (including phenoxy) is 1. The lowest BCUT2D eigenvalue weighted by Crippen LogP contribution is -2.54. The quantitative estimate of drug-likeness (QED) is 0.834. The molecule has 18 heavy (non-hydrogen) atoms. The minimum atomic E-state index is 0.162. The van der Waals surface area contributed by atoms with Gasteiger partial charge in [0.2, 0.25) is 0 Å². The number of hydrogen-bond acceptors (Lipinski definition) is 4. The Kier molecular flexibility index (Phi) is 4.37. The van der Waals surface area contributed by atoms with Crippen LogP contribution in [0.5, 0.6) is 0 Å². The molecule has 1 aliphatic rings. The zero-order chi connectivity index (χ0) is 13.0. The van der Waals surface area contributed by atoms with E-state index in [-0.39, 0.29) is 5.54 Å². The number of hydrogen-bond donors (Lipinski definition) is 1. The summed E-state index contributed by atoms with van der Waals surface area (Å²) in [5, 5.41) is 3.50. The van der Waals surface area contributed by atoms with E-state index < -0.39 is 0 Å². The van der Waals surface area contributed by atoms with Crippen molar-refractivity contribution < 1.29 is 4.74 Å². The zero-order valence-corrected chi connectivity index (χ0v) is 11.6. The van der Waals surface area contributed by atoms with E-state index in [2.05, 4.69) is 33.6 Å². The molecular formula is C13H24N4O. The van der Waals surface area contributed by atoms with Crippen molar-refractivity contribution in [3.8, 4) is 0 Å². The van der Waals surface area contributed by atoms with Gasteiger partial charge < -0.3 is 14.6 Å². The van der Waals surface area contributed by atoms with E-state index in [9.17, 15) is 0 Å². The second kappa shape index (κ2) is 5.82. The number of rotatable bonds is 5. The maximum Gasteiger partial charge on any atom is 0.122 e. The molecule has 2 rings (SSSR count). The molecule has 0 saturated carbocycles. The molecule has 0 amide bonds. The van der Waals surface area contributed by atoms with Gasteiger partial charge in [0.25, 0.3) is 0 Å². The average molecular weight is 252 g/mol. The number of imidazole rings is 1. The summed E-state index contributed by atoms with van der Waals surface area (Å²) in [6.07, 6.45) is 3.81. The Hall–Kier alpha value is -0.910. The molecule has 0 atom stereocenters. The number of morpholine rings is 1. The molecule has 0 aliphatic carbocycles. The molecule has 1 aromatic heterocycles. The van der Waals surface area contributed by atoms with Crippen molar-refractivity contribution in [1.82, 2.24) is 19.8 Å².